The summed E-state index contributed by atoms with van der Waals surface area (Å²) in [5, 5.41) is 25.7. The monoisotopic (exact) mass is 395 g/mol. The van der Waals surface area contributed by atoms with Crippen molar-refractivity contribution in [2.24, 2.45) is 5.92 Å². The quantitative estimate of drug-likeness (QED) is 0.532. The third-order valence-electron chi connectivity index (χ3n) is 4.28. The third kappa shape index (κ3) is 3.15. The van der Waals surface area contributed by atoms with Crippen LogP contribution in [0.4, 0.5) is 17.1 Å². The Labute approximate surface area is 155 Å². The Balaban J connectivity index is 2.20. The van der Waals surface area contributed by atoms with Gasteiger partial charge in [-0.2, -0.15) is 5.26 Å². The SMILES string of the molecule is CC(=N)N1C(=N)C(C)CN(c2ccc(C#N)cc2)c2cc(Br)ccc21. The third-order valence-corrected chi connectivity index (χ3v) is 4.77. The number of nitriles is 1. The Hall–Kier alpha value is -2.65. The van der Waals surface area contributed by atoms with Crippen LogP contribution in [0.3, 0.4) is 0 Å². The molecule has 1 unspecified atom stereocenters. The lowest BCUT2D eigenvalue weighted by molar-refractivity contribution is 0.756. The van der Waals surface area contributed by atoms with Gasteiger partial charge in [-0.1, -0.05) is 22.9 Å². The maximum Gasteiger partial charge on any atom is 0.111 e. The van der Waals surface area contributed by atoms with Crippen LogP contribution in [0.5, 0.6) is 0 Å². The minimum Gasteiger partial charge on any atom is -0.339 e. The summed E-state index contributed by atoms with van der Waals surface area (Å²) in [6, 6.07) is 15.4. The topological polar surface area (TPSA) is 78.0 Å². The fourth-order valence-corrected chi connectivity index (χ4v) is 3.38. The highest BCUT2D eigenvalue weighted by molar-refractivity contribution is 9.10. The normalized spacial score (nSPS) is 16.9. The van der Waals surface area contributed by atoms with Gasteiger partial charge in [0, 0.05) is 22.6 Å². The number of nitrogens with zero attached hydrogens (tertiary/aromatic N) is 3. The molecule has 0 aromatic heterocycles. The van der Waals surface area contributed by atoms with Crippen LogP contribution in [0.15, 0.2) is 46.9 Å². The maximum absolute atomic E-state index is 9.02. The van der Waals surface area contributed by atoms with Crippen LogP contribution in [-0.2, 0) is 0 Å². The molecule has 0 amide bonds. The molecule has 0 radical (unpaired) electrons. The van der Waals surface area contributed by atoms with Gasteiger partial charge in [-0.3, -0.25) is 15.7 Å². The van der Waals surface area contributed by atoms with Crippen LogP contribution in [0, 0.1) is 28.1 Å². The Morgan fingerprint density at radius 2 is 1.88 bits per heavy atom. The van der Waals surface area contributed by atoms with E-state index in [-0.39, 0.29) is 5.92 Å². The van der Waals surface area contributed by atoms with Gasteiger partial charge < -0.3 is 4.90 Å². The molecule has 25 heavy (non-hydrogen) atoms. The van der Waals surface area contributed by atoms with Crippen molar-refractivity contribution in [2.45, 2.75) is 13.8 Å². The summed E-state index contributed by atoms with van der Waals surface area (Å²) in [5.74, 6) is 0.677. The van der Waals surface area contributed by atoms with E-state index in [9.17, 15) is 0 Å². The molecule has 2 aromatic carbocycles. The summed E-state index contributed by atoms with van der Waals surface area (Å²) in [6.45, 7) is 4.32. The van der Waals surface area contributed by atoms with E-state index < -0.39 is 0 Å². The summed E-state index contributed by atoms with van der Waals surface area (Å²) in [6.07, 6.45) is 0. The Kier molecular flexibility index (Phi) is 4.60. The van der Waals surface area contributed by atoms with E-state index in [0.717, 1.165) is 21.5 Å². The zero-order valence-electron chi connectivity index (χ0n) is 14.0. The van der Waals surface area contributed by atoms with Gasteiger partial charge >= 0.3 is 0 Å². The maximum atomic E-state index is 9.02. The van der Waals surface area contributed by atoms with Crippen LogP contribution >= 0.6 is 15.9 Å². The van der Waals surface area contributed by atoms with Gasteiger partial charge in [-0.25, -0.2) is 0 Å². The standard InChI is InChI=1S/C19H18BrN5/c1-12-11-24(16-6-3-14(10-21)4-7-16)18-9-15(20)5-8-17(18)25(13(2)22)19(12)23/h3-9,12,22-23H,11H2,1-2H3. The van der Waals surface area contributed by atoms with Crippen molar-refractivity contribution in [1.29, 1.82) is 16.1 Å². The number of benzene rings is 2. The van der Waals surface area contributed by atoms with Crippen LogP contribution in [0.1, 0.15) is 19.4 Å². The Morgan fingerprint density at radius 3 is 2.48 bits per heavy atom. The first-order valence-corrected chi connectivity index (χ1v) is 8.72. The minimum absolute atomic E-state index is 0.0536. The lowest BCUT2D eigenvalue weighted by atomic mass is 10.1. The minimum atomic E-state index is -0.0536. The lowest BCUT2D eigenvalue weighted by Gasteiger charge is -2.27. The highest BCUT2D eigenvalue weighted by Gasteiger charge is 2.30. The molecule has 2 N–H and O–H groups in total. The van der Waals surface area contributed by atoms with E-state index in [0.29, 0.717) is 23.8 Å². The molecule has 1 aliphatic heterocycles. The number of rotatable bonds is 1. The number of hydrogen-bond acceptors (Lipinski definition) is 4. The van der Waals surface area contributed by atoms with Crippen molar-refractivity contribution in [1.82, 2.24) is 0 Å². The van der Waals surface area contributed by atoms with E-state index in [4.69, 9.17) is 16.1 Å². The smallest absolute Gasteiger partial charge is 0.111 e. The molecule has 0 saturated heterocycles. The fourth-order valence-electron chi connectivity index (χ4n) is 3.03. The summed E-state index contributed by atoms with van der Waals surface area (Å²) >= 11 is 3.53. The highest BCUT2D eigenvalue weighted by atomic mass is 79.9. The first-order chi connectivity index (χ1) is 11.9. The molecular weight excluding hydrogens is 378 g/mol. The molecule has 1 aliphatic rings. The fraction of sp³-hybridized carbons (Fsp3) is 0.211. The van der Waals surface area contributed by atoms with Crippen molar-refractivity contribution >= 4 is 44.7 Å². The predicted molar refractivity (Wildman–Crippen MR) is 105 cm³/mol. The summed E-state index contributed by atoms with van der Waals surface area (Å²) in [5.41, 5.74) is 3.32. The number of fused-ring (bicyclic) bond motifs is 1. The largest absolute Gasteiger partial charge is 0.339 e. The van der Waals surface area contributed by atoms with Gasteiger partial charge in [0.05, 0.1) is 23.0 Å². The summed E-state index contributed by atoms with van der Waals surface area (Å²) in [4.78, 5) is 3.83. The van der Waals surface area contributed by atoms with Crippen LogP contribution in [-0.4, -0.2) is 18.2 Å². The molecule has 0 saturated carbocycles. The number of hydrogen-bond donors (Lipinski definition) is 2. The molecule has 0 bridgehead atoms. The first kappa shape index (κ1) is 17.2. The van der Waals surface area contributed by atoms with E-state index in [1.165, 1.54) is 0 Å². The van der Waals surface area contributed by atoms with Crippen LogP contribution in [0.25, 0.3) is 0 Å². The van der Waals surface area contributed by atoms with Gasteiger partial charge in [0.1, 0.15) is 11.7 Å². The second kappa shape index (κ2) is 6.69. The Morgan fingerprint density at radius 1 is 1.20 bits per heavy atom. The van der Waals surface area contributed by atoms with Gasteiger partial charge in [0.25, 0.3) is 0 Å². The highest BCUT2D eigenvalue weighted by Crippen LogP contribution is 2.40. The van der Waals surface area contributed by atoms with E-state index in [2.05, 4.69) is 26.9 Å². The van der Waals surface area contributed by atoms with Gasteiger partial charge in [-0.05, 0) is 49.4 Å². The van der Waals surface area contributed by atoms with E-state index in [1.54, 1.807) is 24.0 Å². The average molecular weight is 396 g/mol. The van der Waals surface area contributed by atoms with Crippen molar-refractivity contribution in [3.63, 3.8) is 0 Å². The number of amidine groups is 2. The van der Waals surface area contributed by atoms with Crippen molar-refractivity contribution in [2.75, 3.05) is 16.3 Å². The lowest BCUT2D eigenvalue weighted by Crippen LogP contribution is -2.38. The second-order valence-corrected chi connectivity index (χ2v) is 7.03. The molecule has 6 heteroatoms. The van der Waals surface area contributed by atoms with Gasteiger partial charge in [0.2, 0.25) is 0 Å². The molecule has 5 nitrogen and oxygen atoms in total. The molecule has 3 rings (SSSR count). The molecule has 0 spiro atoms. The first-order valence-electron chi connectivity index (χ1n) is 7.93. The van der Waals surface area contributed by atoms with Crippen LogP contribution in [0.2, 0.25) is 0 Å². The molecule has 1 atom stereocenters. The van der Waals surface area contributed by atoms with Gasteiger partial charge in [-0.15, -0.1) is 0 Å². The summed E-state index contributed by atoms with van der Waals surface area (Å²) in [7, 11) is 0. The number of nitrogens with one attached hydrogen (secondary N) is 2. The number of halogens is 1. The van der Waals surface area contributed by atoms with Gasteiger partial charge in [0.15, 0.2) is 0 Å². The van der Waals surface area contributed by atoms with Crippen molar-refractivity contribution < 1.29 is 0 Å². The van der Waals surface area contributed by atoms with Crippen LogP contribution < -0.4 is 9.80 Å². The number of anilines is 3. The zero-order valence-corrected chi connectivity index (χ0v) is 15.6. The summed E-state index contributed by atoms with van der Waals surface area (Å²) < 4.78 is 0.938. The molecule has 0 aliphatic carbocycles. The molecule has 2 aromatic rings. The average Bonchev–Trinajstić information content (AvgIpc) is 2.70. The second-order valence-electron chi connectivity index (χ2n) is 6.11. The van der Waals surface area contributed by atoms with E-state index in [1.807, 2.05) is 37.3 Å². The Bertz CT molecular complexity index is 882. The van der Waals surface area contributed by atoms with Crippen molar-refractivity contribution in [3.8, 4) is 6.07 Å². The van der Waals surface area contributed by atoms with Crippen molar-refractivity contribution in [3.05, 3.63) is 52.5 Å². The molecule has 126 valence electrons. The van der Waals surface area contributed by atoms with E-state index >= 15 is 0 Å². The molecule has 0 fully saturated rings. The molecular formula is C19H18BrN5. The predicted octanol–water partition coefficient (Wildman–Crippen LogP) is 4.89. The molecule has 1 heterocycles. The zero-order chi connectivity index (χ0) is 18.1.